The Morgan fingerprint density at radius 1 is 1.30 bits per heavy atom. The van der Waals surface area contributed by atoms with Gasteiger partial charge in [0.15, 0.2) is 0 Å². The molecule has 2 N–H and O–H groups in total. The molecule has 1 aromatic rings. The van der Waals surface area contributed by atoms with Crippen molar-refractivity contribution in [3.63, 3.8) is 0 Å². The largest absolute Gasteiger partial charge is 0.330 e. The van der Waals surface area contributed by atoms with Crippen molar-refractivity contribution in [1.82, 2.24) is 4.31 Å². The molecular formula is C17H29ClN2O2S. The second kappa shape index (κ2) is 9.02. The third-order valence-corrected chi connectivity index (χ3v) is 6.64. The molecule has 2 unspecified atom stereocenters. The van der Waals surface area contributed by atoms with E-state index < -0.39 is 10.0 Å². The predicted molar refractivity (Wildman–Crippen MR) is 97.6 cm³/mol. The van der Waals surface area contributed by atoms with Gasteiger partial charge < -0.3 is 5.73 Å². The second-order valence-electron chi connectivity index (χ2n) is 6.33. The Morgan fingerprint density at radius 3 is 2.52 bits per heavy atom. The Labute approximate surface area is 146 Å². The maximum Gasteiger partial charge on any atom is 0.243 e. The maximum absolute atomic E-state index is 12.8. The smallest absolute Gasteiger partial charge is 0.243 e. The Balaban J connectivity index is 0.00000264. The standard InChI is InChI=1S/C17H28N2O2S.ClH/c1-3-14(2)16-6-8-17(9-7-16)22(20,21)19-12-4-5-15(13-19)10-11-18;/h6-9,14-15H,3-5,10-13,18H2,1-2H3;1H. The van der Waals surface area contributed by atoms with Gasteiger partial charge in [0.2, 0.25) is 10.0 Å². The highest BCUT2D eigenvalue weighted by atomic mass is 35.5. The van der Waals surface area contributed by atoms with Crippen LogP contribution in [0.15, 0.2) is 29.2 Å². The quantitative estimate of drug-likeness (QED) is 0.845. The zero-order valence-electron chi connectivity index (χ0n) is 14.1. The van der Waals surface area contributed by atoms with Gasteiger partial charge in [0.25, 0.3) is 0 Å². The molecule has 1 saturated heterocycles. The van der Waals surface area contributed by atoms with Gasteiger partial charge in [0, 0.05) is 13.1 Å². The number of sulfonamides is 1. The van der Waals surface area contributed by atoms with Gasteiger partial charge in [-0.25, -0.2) is 8.42 Å². The van der Waals surface area contributed by atoms with Gasteiger partial charge in [-0.2, -0.15) is 4.31 Å². The molecule has 132 valence electrons. The minimum absolute atomic E-state index is 0. The summed E-state index contributed by atoms with van der Waals surface area (Å²) >= 11 is 0. The summed E-state index contributed by atoms with van der Waals surface area (Å²) in [6, 6.07) is 7.40. The molecule has 1 heterocycles. The van der Waals surface area contributed by atoms with E-state index >= 15 is 0 Å². The third kappa shape index (κ3) is 4.92. The van der Waals surface area contributed by atoms with E-state index in [4.69, 9.17) is 5.73 Å². The van der Waals surface area contributed by atoms with E-state index in [0.717, 1.165) is 25.7 Å². The highest BCUT2D eigenvalue weighted by molar-refractivity contribution is 7.89. The van der Waals surface area contributed by atoms with Crippen molar-refractivity contribution in [3.8, 4) is 0 Å². The van der Waals surface area contributed by atoms with Gasteiger partial charge in [-0.15, -0.1) is 12.4 Å². The van der Waals surface area contributed by atoms with Crippen LogP contribution in [0.2, 0.25) is 0 Å². The fraction of sp³-hybridized carbons (Fsp3) is 0.647. The van der Waals surface area contributed by atoms with Gasteiger partial charge in [-0.1, -0.05) is 26.0 Å². The number of rotatable bonds is 6. The minimum Gasteiger partial charge on any atom is -0.330 e. The molecule has 0 saturated carbocycles. The number of nitrogens with two attached hydrogens (primary N) is 1. The van der Waals surface area contributed by atoms with Crippen LogP contribution in [0.5, 0.6) is 0 Å². The zero-order valence-corrected chi connectivity index (χ0v) is 15.7. The highest BCUT2D eigenvalue weighted by Crippen LogP contribution is 2.26. The molecule has 0 spiro atoms. The zero-order chi connectivity index (χ0) is 16.2. The maximum atomic E-state index is 12.8. The van der Waals surface area contributed by atoms with Crippen molar-refractivity contribution >= 4 is 22.4 Å². The molecule has 0 aliphatic carbocycles. The van der Waals surface area contributed by atoms with Gasteiger partial charge in [0.05, 0.1) is 4.90 Å². The van der Waals surface area contributed by atoms with E-state index in [2.05, 4.69) is 13.8 Å². The van der Waals surface area contributed by atoms with Crippen LogP contribution in [0.4, 0.5) is 0 Å². The van der Waals surface area contributed by atoms with E-state index in [9.17, 15) is 8.42 Å². The van der Waals surface area contributed by atoms with Crippen molar-refractivity contribution in [2.45, 2.75) is 50.3 Å². The molecule has 1 aliphatic rings. The van der Waals surface area contributed by atoms with Crippen molar-refractivity contribution < 1.29 is 8.42 Å². The first-order valence-corrected chi connectivity index (χ1v) is 9.73. The summed E-state index contributed by atoms with van der Waals surface area (Å²) in [7, 11) is -3.37. The topological polar surface area (TPSA) is 63.4 Å². The van der Waals surface area contributed by atoms with Crippen LogP contribution in [0.1, 0.15) is 51.0 Å². The second-order valence-corrected chi connectivity index (χ2v) is 8.26. The van der Waals surface area contributed by atoms with E-state index in [-0.39, 0.29) is 12.4 Å². The fourth-order valence-electron chi connectivity index (χ4n) is 3.07. The normalized spacial score (nSPS) is 20.7. The summed E-state index contributed by atoms with van der Waals surface area (Å²) in [4.78, 5) is 0.410. The third-order valence-electron chi connectivity index (χ3n) is 4.76. The number of nitrogens with zero attached hydrogens (tertiary/aromatic N) is 1. The van der Waals surface area contributed by atoms with Crippen LogP contribution in [0.25, 0.3) is 0 Å². The summed E-state index contributed by atoms with van der Waals surface area (Å²) in [6.45, 7) is 6.15. The van der Waals surface area contributed by atoms with Crippen molar-refractivity contribution in [1.29, 1.82) is 0 Å². The lowest BCUT2D eigenvalue weighted by Gasteiger charge is -2.31. The SMILES string of the molecule is CCC(C)c1ccc(S(=O)(=O)N2CCCC(CCN)C2)cc1.Cl. The lowest BCUT2D eigenvalue weighted by Crippen LogP contribution is -2.40. The molecular weight excluding hydrogens is 332 g/mol. The number of hydrogen-bond donors (Lipinski definition) is 1. The van der Waals surface area contributed by atoms with Crippen LogP contribution in [0, 0.1) is 5.92 Å². The first-order chi connectivity index (χ1) is 10.5. The lowest BCUT2D eigenvalue weighted by molar-refractivity contribution is 0.258. The average Bonchev–Trinajstić information content (AvgIpc) is 2.55. The van der Waals surface area contributed by atoms with Gasteiger partial charge in [0.1, 0.15) is 0 Å². The molecule has 1 aromatic carbocycles. The molecule has 23 heavy (non-hydrogen) atoms. The number of piperidine rings is 1. The molecule has 4 nitrogen and oxygen atoms in total. The van der Waals surface area contributed by atoms with Crippen LogP contribution in [0.3, 0.4) is 0 Å². The summed E-state index contributed by atoms with van der Waals surface area (Å²) in [5.74, 6) is 0.855. The Morgan fingerprint density at radius 2 is 1.96 bits per heavy atom. The molecule has 0 amide bonds. The van der Waals surface area contributed by atoms with E-state index in [1.807, 2.05) is 12.1 Å². The summed E-state index contributed by atoms with van der Waals surface area (Å²) in [5, 5.41) is 0. The Kier molecular flexibility index (Phi) is 8.01. The number of halogens is 1. The van der Waals surface area contributed by atoms with E-state index in [0.29, 0.717) is 36.4 Å². The minimum atomic E-state index is -3.37. The van der Waals surface area contributed by atoms with Gasteiger partial charge >= 0.3 is 0 Å². The van der Waals surface area contributed by atoms with E-state index in [1.54, 1.807) is 16.4 Å². The molecule has 1 fully saturated rings. The van der Waals surface area contributed by atoms with Gasteiger partial charge in [-0.3, -0.25) is 0 Å². The molecule has 0 aromatic heterocycles. The van der Waals surface area contributed by atoms with Crippen molar-refractivity contribution in [2.24, 2.45) is 11.7 Å². The Bertz CT molecular complexity index is 573. The summed E-state index contributed by atoms with van der Waals surface area (Å²) in [6.07, 6.45) is 3.96. The molecule has 2 atom stereocenters. The van der Waals surface area contributed by atoms with Crippen LogP contribution < -0.4 is 5.73 Å². The first-order valence-electron chi connectivity index (χ1n) is 8.29. The van der Waals surface area contributed by atoms with Crippen LogP contribution in [-0.4, -0.2) is 32.4 Å². The Hall–Kier alpha value is -0.620. The monoisotopic (exact) mass is 360 g/mol. The molecule has 2 rings (SSSR count). The number of benzene rings is 1. The van der Waals surface area contributed by atoms with Crippen LogP contribution >= 0.6 is 12.4 Å². The highest BCUT2D eigenvalue weighted by Gasteiger charge is 2.29. The molecule has 0 bridgehead atoms. The van der Waals surface area contributed by atoms with Crippen molar-refractivity contribution in [3.05, 3.63) is 29.8 Å². The predicted octanol–water partition coefficient (Wildman–Crippen LogP) is 3.37. The summed E-state index contributed by atoms with van der Waals surface area (Å²) < 4.78 is 27.2. The van der Waals surface area contributed by atoms with Gasteiger partial charge in [-0.05, 0) is 61.8 Å². The average molecular weight is 361 g/mol. The fourth-order valence-corrected chi connectivity index (χ4v) is 4.62. The molecule has 1 aliphatic heterocycles. The van der Waals surface area contributed by atoms with Crippen molar-refractivity contribution in [2.75, 3.05) is 19.6 Å². The molecule has 0 radical (unpaired) electrons. The molecule has 6 heteroatoms. The number of hydrogen-bond acceptors (Lipinski definition) is 3. The summed E-state index contributed by atoms with van der Waals surface area (Å²) in [5.41, 5.74) is 6.81. The van der Waals surface area contributed by atoms with E-state index in [1.165, 1.54) is 5.56 Å². The first kappa shape index (κ1) is 20.4. The van der Waals surface area contributed by atoms with Crippen LogP contribution in [-0.2, 0) is 10.0 Å². The lowest BCUT2D eigenvalue weighted by atomic mass is 9.96.